The lowest BCUT2D eigenvalue weighted by atomic mass is 10.0. The highest BCUT2D eigenvalue weighted by Crippen LogP contribution is 2.38. The number of H-pyrrole nitrogens is 1. The fraction of sp³-hybridized carbons (Fsp3) is 0.120. The number of aromatic hydroxyl groups is 1. The average Bonchev–Trinajstić information content (AvgIpc) is 3.53. The number of benzene rings is 3. The van der Waals surface area contributed by atoms with Crippen LogP contribution < -0.4 is 5.32 Å². The van der Waals surface area contributed by atoms with Crippen LogP contribution in [0.4, 0.5) is 0 Å². The lowest BCUT2D eigenvalue weighted by Gasteiger charge is -2.04. The Labute approximate surface area is 196 Å². The summed E-state index contributed by atoms with van der Waals surface area (Å²) in [4.78, 5) is 8.33. The van der Waals surface area contributed by atoms with Gasteiger partial charge in [0.05, 0.1) is 15.9 Å². The van der Waals surface area contributed by atoms with E-state index < -0.39 is 10.7 Å². The van der Waals surface area contributed by atoms with Gasteiger partial charge in [-0.2, -0.15) is 5.10 Å². The number of hydrogen-bond acceptors (Lipinski definition) is 6. The van der Waals surface area contributed by atoms with Crippen molar-refractivity contribution in [2.75, 3.05) is 0 Å². The number of rotatable bonds is 4. The van der Waals surface area contributed by atoms with Gasteiger partial charge in [-0.1, -0.05) is 36.4 Å². The van der Waals surface area contributed by atoms with Crippen LogP contribution in [0.15, 0.2) is 65.6 Å². The summed E-state index contributed by atoms with van der Waals surface area (Å²) in [6.07, 6.45) is 0. The molecule has 6 rings (SSSR count). The second-order valence-electron chi connectivity index (χ2n) is 8.38. The van der Waals surface area contributed by atoms with Crippen LogP contribution in [0.3, 0.4) is 0 Å². The maximum atomic E-state index is 11.1. The Kier molecular flexibility index (Phi) is 4.75. The minimum absolute atomic E-state index is 0.0621. The first-order valence-corrected chi connectivity index (χ1v) is 12.0. The molecule has 0 amide bonds. The molecule has 1 aliphatic heterocycles. The van der Waals surface area contributed by atoms with Crippen LogP contribution in [-0.4, -0.2) is 33.3 Å². The second-order valence-corrected chi connectivity index (χ2v) is 9.41. The minimum atomic E-state index is -2.59. The van der Waals surface area contributed by atoms with Crippen LogP contribution in [-0.2, 0) is 30.8 Å². The molecule has 1 aliphatic rings. The minimum Gasteiger partial charge on any atom is -0.504 e. The SMILES string of the molecule is Cn1nc(-c2ccc(-c3ccc([SH](=O)=O)cc3)cc2)c(O)c1-c1nc2cc3c(cc2[nH]1)CNC3. The molecule has 0 spiro atoms. The van der Waals surface area contributed by atoms with Gasteiger partial charge in [-0.05, 0) is 46.5 Å². The summed E-state index contributed by atoms with van der Waals surface area (Å²) in [5.41, 5.74) is 7.89. The van der Waals surface area contributed by atoms with E-state index in [0.717, 1.165) is 40.8 Å². The van der Waals surface area contributed by atoms with Crippen molar-refractivity contribution in [1.82, 2.24) is 25.1 Å². The Bertz CT molecular complexity index is 1580. The Balaban J connectivity index is 1.34. The van der Waals surface area contributed by atoms with E-state index in [9.17, 15) is 13.5 Å². The highest BCUT2D eigenvalue weighted by molar-refractivity contribution is 7.72. The molecule has 0 bridgehead atoms. The lowest BCUT2D eigenvalue weighted by molar-refractivity contribution is 0.478. The number of aryl methyl sites for hydroxylation is 1. The predicted octanol–water partition coefficient (Wildman–Crippen LogP) is 3.58. The molecule has 0 unspecified atom stereocenters. The number of hydrogen-bond donors (Lipinski definition) is 4. The van der Waals surface area contributed by atoms with Crippen LogP contribution in [0.25, 0.3) is 44.9 Å². The lowest BCUT2D eigenvalue weighted by Crippen LogP contribution is -1.99. The Morgan fingerprint density at radius 1 is 0.912 bits per heavy atom. The van der Waals surface area contributed by atoms with Crippen LogP contribution >= 0.6 is 0 Å². The molecule has 34 heavy (non-hydrogen) atoms. The summed E-state index contributed by atoms with van der Waals surface area (Å²) in [5, 5.41) is 19.0. The zero-order chi connectivity index (χ0) is 23.4. The van der Waals surface area contributed by atoms with Gasteiger partial charge in [0.25, 0.3) is 0 Å². The van der Waals surface area contributed by atoms with Crippen LogP contribution in [0, 0.1) is 0 Å². The van der Waals surface area contributed by atoms with Crippen molar-refractivity contribution < 1.29 is 13.5 Å². The molecule has 0 saturated heterocycles. The number of thiol groups is 1. The molecular formula is C25H21N5O3S. The van der Waals surface area contributed by atoms with Crippen molar-refractivity contribution in [3.63, 3.8) is 0 Å². The van der Waals surface area contributed by atoms with E-state index in [1.807, 2.05) is 24.3 Å². The molecule has 0 aliphatic carbocycles. The first-order chi connectivity index (χ1) is 16.5. The van der Waals surface area contributed by atoms with E-state index in [1.54, 1.807) is 36.0 Å². The zero-order valence-corrected chi connectivity index (χ0v) is 19.1. The van der Waals surface area contributed by atoms with Gasteiger partial charge in [-0.25, -0.2) is 13.4 Å². The monoisotopic (exact) mass is 471 g/mol. The molecule has 0 atom stereocenters. The first-order valence-electron chi connectivity index (χ1n) is 10.8. The normalized spacial score (nSPS) is 13.1. The topological polar surface area (TPSA) is 113 Å². The zero-order valence-electron chi connectivity index (χ0n) is 18.2. The Hall–Kier alpha value is -3.95. The van der Waals surface area contributed by atoms with E-state index in [4.69, 9.17) is 4.98 Å². The molecule has 2 aromatic heterocycles. The van der Waals surface area contributed by atoms with Gasteiger partial charge in [0.2, 0.25) is 0 Å². The maximum Gasteiger partial charge on any atom is 0.173 e. The van der Waals surface area contributed by atoms with Gasteiger partial charge >= 0.3 is 0 Å². The van der Waals surface area contributed by atoms with Gasteiger partial charge < -0.3 is 15.4 Å². The van der Waals surface area contributed by atoms with Crippen molar-refractivity contribution in [3.05, 3.63) is 71.8 Å². The van der Waals surface area contributed by atoms with E-state index >= 15 is 0 Å². The molecule has 3 aromatic carbocycles. The molecule has 8 nitrogen and oxygen atoms in total. The van der Waals surface area contributed by atoms with Crippen molar-refractivity contribution in [2.45, 2.75) is 18.0 Å². The summed E-state index contributed by atoms with van der Waals surface area (Å²) in [5.74, 6) is 0.630. The molecule has 170 valence electrons. The summed E-state index contributed by atoms with van der Waals surface area (Å²) in [6.45, 7) is 1.69. The van der Waals surface area contributed by atoms with Crippen LogP contribution in [0.2, 0.25) is 0 Å². The number of nitrogens with one attached hydrogen (secondary N) is 2. The highest BCUT2D eigenvalue weighted by Gasteiger charge is 2.22. The van der Waals surface area contributed by atoms with Gasteiger partial charge in [0.1, 0.15) is 11.4 Å². The summed E-state index contributed by atoms with van der Waals surface area (Å²) in [7, 11) is -0.809. The molecule has 3 heterocycles. The largest absolute Gasteiger partial charge is 0.504 e. The molecular weight excluding hydrogens is 450 g/mol. The molecule has 3 N–H and O–H groups in total. The highest BCUT2D eigenvalue weighted by atomic mass is 32.2. The number of fused-ring (bicyclic) bond motifs is 2. The molecule has 0 radical (unpaired) electrons. The maximum absolute atomic E-state index is 11.1. The summed E-state index contributed by atoms with van der Waals surface area (Å²) < 4.78 is 23.8. The molecule has 9 heteroatoms. The number of imidazole rings is 1. The smallest absolute Gasteiger partial charge is 0.173 e. The molecule has 0 saturated carbocycles. The fourth-order valence-electron chi connectivity index (χ4n) is 4.49. The fourth-order valence-corrected chi connectivity index (χ4v) is 4.88. The van der Waals surface area contributed by atoms with E-state index in [2.05, 4.69) is 27.5 Å². The van der Waals surface area contributed by atoms with Crippen molar-refractivity contribution >= 4 is 21.7 Å². The van der Waals surface area contributed by atoms with Crippen LogP contribution in [0.1, 0.15) is 11.1 Å². The van der Waals surface area contributed by atoms with Crippen LogP contribution in [0.5, 0.6) is 5.75 Å². The second kappa shape index (κ2) is 7.82. The van der Waals surface area contributed by atoms with Gasteiger partial charge in [-0.15, -0.1) is 0 Å². The van der Waals surface area contributed by atoms with E-state index in [-0.39, 0.29) is 10.6 Å². The quantitative estimate of drug-likeness (QED) is 0.298. The first kappa shape index (κ1) is 20.6. The summed E-state index contributed by atoms with van der Waals surface area (Å²) >= 11 is 0. The average molecular weight is 472 g/mol. The van der Waals surface area contributed by atoms with Gasteiger partial charge in [0.15, 0.2) is 22.3 Å². The molecule has 0 fully saturated rings. The number of aromatic nitrogens is 4. The molecule has 5 aromatic rings. The third-order valence-corrected chi connectivity index (χ3v) is 6.97. The van der Waals surface area contributed by atoms with Crippen molar-refractivity contribution in [3.8, 4) is 39.7 Å². The number of nitrogens with zero attached hydrogens (tertiary/aromatic N) is 3. The Morgan fingerprint density at radius 3 is 2.21 bits per heavy atom. The number of aromatic amines is 1. The predicted molar refractivity (Wildman–Crippen MR) is 130 cm³/mol. The van der Waals surface area contributed by atoms with E-state index in [1.165, 1.54) is 11.1 Å². The third-order valence-electron chi connectivity index (χ3n) is 6.25. The standard InChI is InChI=1S/C25H21N5O3S/c1-30-23(25-27-20-10-17-12-26-13-18(17)11-21(20)28-25)24(31)22(29-30)16-4-2-14(3-5-16)15-6-8-19(9-7-15)34(32)33/h2-11,26,31,34H,12-13H2,1H3,(H,27,28). The van der Waals surface area contributed by atoms with E-state index in [0.29, 0.717) is 17.2 Å². The van der Waals surface area contributed by atoms with Gasteiger partial charge in [-0.3, -0.25) is 4.68 Å². The summed E-state index contributed by atoms with van der Waals surface area (Å²) in [6, 6.07) is 18.5. The Morgan fingerprint density at radius 2 is 1.53 bits per heavy atom. The van der Waals surface area contributed by atoms with Gasteiger partial charge in [0, 0.05) is 25.7 Å². The van der Waals surface area contributed by atoms with Crippen molar-refractivity contribution in [2.24, 2.45) is 7.05 Å². The third kappa shape index (κ3) is 3.37. The van der Waals surface area contributed by atoms with Crippen molar-refractivity contribution in [1.29, 1.82) is 0 Å².